The van der Waals surface area contributed by atoms with Crippen LogP contribution in [0.4, 0.5) is 4.39 Å². The van der Waals surface area contributed by atoms with Gasteiger partial charge in [-0.25, -0.2) is 9.37 Å². The molecular formula is C22H18FNO2S2. The molecule has 1 aromatic heterocycles. The molecule has 5 rings (SSSR count). The Labute approximate surface area is 170 Å². The molecule has 2 aromatic carbocycles. The molecule has 3 nitrogen and oxygen atoms in total. The first-order valence-electron chi connectivity index (χ1n) is 9.21. The molecule has 1 fully saturated rings. The van der Waals surface area contributed by atoms with E-state index in [0.717, 1.165) is 55.8 Å². The van der Waals surface area contributed by atoms with Crippen molar-refractivity contribution in [3.8, 4) is 5.75 Å². The van der Waals surface area contributed by atoms with Crippen LogP contribution in [0.1, 0.15) is 35.3 Å². The van der Waals surface area contributed by atoms with Gasteiger partial charge in [0, 0.05) is 16.7 Å². The molecule has 6 heteroatoms. The minimum Gasteiger partial charge on any atom is -0.489 e. The molecule has 0 saturated heterocycles. The van der Waals surface area contributed by atoms with Crippen LogP contribution in [-0.2, 0) is 5.60 Å². The number of fused-ring (bicyclic) bond motifs is 1. The minimum absolute atomic E-state index is 0.238. The Kier molecular flexibility index (Phi) is 4.50. The SMILES string of the molecule is OC1(c2cnc(Sc3ccc4c(c3)OCC=C4c3ccc(F)cc3)s2)CCC1. The summed E-state index contributed by atoms with van der Waals surface area (Å²) in [5.74, 6) is 0.582. The van der Waals surface area contributed by atoms with E-state index in [0.29, 0.717) is 6.61 Å². The van der Waals surface area contributed by atoms with Crippen LogP contribution in [0, 0.1) is 5.82 Å². The van der Waals surface area contributed by atoms with Crippen LogP contribution in [0.3, 0.4) is 0 Å². The van der Waals surface area contributed by atoms with Crippen molar-refractivity contribution in [1.29, 1.82) is 0 Å². The lowest BCUT2D eigenvalue weighted by Crippen LogP contribution is -2.32. The van der Waals surface area contributed by atoms with Gasteiger partial charge in [-0.2, -0.15) is 0 Å². The van der Waals surface area contributed by atoms with Gasteiger partial charge in [-0.1, -0.05) is 23.9 Å². The van der Waals surface area contributed by atoms with Gasteiger partial charge < -0.3 is 9.84 Å². The Morgan fingerprint density at radius 2 is 1.96 bits per heavy atom. The molecule has 142 valence electrons. The highest BCUT2D eigenvalue weighted by atomic mass is 32.2. The maximum atomic E-state index is 13.2. The van der Waals surface area contributed by atoms with Crippen molar-refractivity contribution in [2.75, 3.05) is 6.61 Å². The van der Waals surface area contributed by atoms with Crippen molar-refractivity contribution in [2.45, 2.75) is 34.1 Å². The second-order valence-electron chi connectivity index (χ2n) is 7.07. The molecule has 28 heavy (non-hydrogen) atoms. The number of rotatable bonds is 4. The predicted molar refractivity (Wildman–Crippen MR) is 109 cm³/mol. The normalized spacial score (nSPS) is 17.3. The van der Waals surface area contributed by atoms with Crippen molar-refractivity contribution in [3.05, 3.63) is 76.6 Å². The third-order valence-corrected chi connectivity index (χ3v) is 7.51. The highest BCUT2D eigenvalue weighted by molar-refractivity contribution is 8.01. The summed E-state index contributed by atoms with van der Waals surface area (Å²) in [5.41, 5.74) is 2.38. The topological polar surface area (TPSA) is 42.4 Å². The third kappa shape index (κ3) is 3.26. The van der Waals surface area contributed by atoms with E-state index in [1.165, 1.54) is 12.1 Å². The number of aliphatic hydroxyl groups is 1. The molecular weight excluding hydrogens is 393 g/mol. The highest BCUT2D eigenvalue weighted by Gasteiger charge is 2.38. The van der Waals surface area contributed by atoms with E-state index in [-0.39, 0.29) is 5.82 Å². The van der Waals surface area contributed by atoms with Crippen LogP contribution < -0.4 is 4.74 Å². The summed E-state index contributed by atoms with van der Waals surface area (Å²) < 4.78 is 20.0. The Bertz CT molecular complexity index is 1050. The highest BCUT2D eigenvalue weighted by Crippen LogP contribution is 2.46. The zero-order chi connectivity index (χ0) is 19.1. The summed E-state index contributed by atoms with van der Waals surface area (Å²) >= 11 is 3.14. The van der Waals surface area contributed by atoms with Crippen molar-refractivity contribution in [3.63, 3.8) is 0 Å². The first-order chi connectivity index (χ1) is 13.6. The lowest BCUT2D eigenvalue weighted by atomic mass is 9.79. The van der Waals surface area contributed by atoms with Crippen molar-refractivity contribution < 1.29 is 14.2 Å². The second-order valence-corrected chi connectivity index (χ2v) is 9.42. The summed E-state index contributed by atoms with van der Waals surface area (Å²) in [5, 5.41) is 10.5. The lowest BCUT2D eigenvalue weighted by Gasteiger charge is -2.35. The van der Waals surface area contributed by atoms with Crippen LogP contribution in [-0.4, -0.2) is 16.7 Å². The Morgan fingerprint density at radius 3 is 2.71 bits per heavy atom. The fourth-order valence-corrected chi connectivity index (χ4v) is 5.64. The minimum atomic E-state index is -0.662. The maximum Gasteiger partial charge on any atom is 0.154 e. The molecule has 0 amide bonds. The average molecular weight is 412 g/mol. The molecule has 0 radical (unpaired) electrons. The summed E-state index contributed by atoms with van der Waals surface area (Å²) in [6, 6.07) is 12.7. The van der Waals surface area contributed by atoms with Crippen LogP contribution in [0.2, 0.25) is 0 Å². The van der Waals surface area contributed by atoms with E-state index in [1.807, 2.05) is 18.2 Å². The van der Waals surface area contributed by atoms with E-state index in [2.05, 4.69) is 11.1 Å². The van der Waals surface area contributed by atoms with Gasteiger partial charge in [0.15, 0.2) is 4.34 Å². The van der Waals surface area contributed by atoms with Crippen LogP contribution >= 0.6 is 23.1 Å². The first-order valence-corrected chi connectivity index (χ1v) is 10.8. The summed E-state index contributed by atoms with van der Waals surface area (Å²) in [6.07, 6.45) is 6.54. The molecule has 0 unspecified atom stereocenters. The van der Waals surface area contributed by atoms with E-state index in [9.17, 15) is 9.50 Å². The second kappa shape index (κ2) is 7.03. The number of halogens is 1. The molecule has 1 saturated carbocycles. The van der Waals surface area contributed by atoms with Gasteiger partial charge >= 0.3 is 0 Å². The number of nitrogens with zero attached hydrogens (tertiary/aromatic N) is 1. The van der Waals surface area contributed by atoms with Crippen LogP contribution in [0.25, 0.3) is 5.57 Å². The lowest BCUT2D eigenvalue weighted by molar-refractivity contribution is -0.0356. The van der Waals surface area contributed by atoms with Gasteiger partial charge in [-0.05, 0) is 66.8 Å². The Morgan fingerprint density at radius 1 is 1.14 bits per heavy atom. The van der Waals surface area contributed by atoms with E-state index < -0.39 is 5.60 Å². The smallest absolute Gasteiger partial charge is 0.154 e. The van der Waals surface area contributed by atoms with E-state index in [4.69, 9.17) is 4.74 Å². The molecule has 2 aliphatic rings. The molecule has 0 spiro atoms. The number of benzene rings is 2. The number of thiazole rings is 1. The maximum absolute atomic E-state index is 13.2. The monoisotopic (exact) mass is 411 g/mol. The predicted octanol–water partition coefficient (Wildman–Crippen LogP) is 5.63. The molecule has 2 heterocycles. The van der Waals surface area contributed by atoms with E-state index in [1.54, 1.807) is 41.4 Å². The van der Waals surface area contributed by atoms with Crippen LogP contribution in [0.15, 0.2) is 64.0 Å². The largest absolute Gasteiger partial charge is 0.489 e. The van der Waals surface area contributed by atoms with Crippen molar-refractivity contribution in [1.82, 2.24) is 4.98 Å². The van der Waals surface area contributed by atoms with Gasteiger partial charge in [0.1, 0.15) is 23.8 Å². The first kappa shape index (κ1) is 17.9. The zero-order valence-electron chi connectivity index (χ0n) is 15.0. The Hall–Kier alpha value is -2.15. The molecule has 1 aliphatic carbocycles. The fourth-order valence-electron chi connectivity index (χ4n) is 3.51. The summed E-state index contributed by atoms with van der Waals surface area (Å²) in [4.78, 5) is 6.47. The Balaban J connectivity index is 1.39. The number of aromatic nitrogens is 1. The van der Waals surface area contributed by atoms with E-state index >= 15 is 0 Å². The van der Waals surface area contributed by atoms with Crippen molar-refractivity contribution >= 4 is 28.7 Å². The number of hydrogen-bond donors (Lipinski definition) is 1. The molecule has 1 N–H and O–H groups in total. The fraction of sp³-hybridized carbons (Fsp3) is 0.227. The standard InChI is InChI=1S/C22H18FNO2S2/c23-15-4-2-14(3-5-15)17-8-11-26-19-12-16(6-7-18(17)19)27-21-24-13-20(28-21)22(25)9-1-10-22/h2-8,12-13,25H,1,9-11H2. The van der Waals surface area contributed by atoms with Gasteiger partial charge in [-0.15, -0.1) is 11.3 Å². The van der Waals surface area contributed by atoms with Crippen molar-refractivity contribution in [2.24, 2.45) is 0 Å². The summed E-state index contributed by atoms with van der Waals surface area (Å²) in [6.45, 7) is 0.488. The van der Waals surface area contributed by atoms with Crippen LogP contribution in [0.5, 0.6) is 5.75 Å². The number of ether oxygens (including phenoxy) is 1. The number of hydrogen-bond acceptors (Lipinski definition) is 5. The van der Waals surface area contributed by atoms with Gasteiger partial charge in [0.05, 0.1) is 4.88 Å². The quantitative estimate of drug-likeness (QED) is 0.604. The zero-order valence-corrected chi connectivity index (χ0v) is 16.7. The third-order valence-electron chi connectivity index (χ3n) is 5.25. The average Bonchev–Trinajstić information content (AvgIpc) is 3.15. The summed E-state index contributed by atoms with van der Waals surface area (Å²) in [7, 11) is 0. The molecule has 0 bridgehead atoms. The molecule has 1 aliphatic heterocycles. The molecule has 0 atom stereocenters. The van der Waals surface area contributed by atoms with Gasteiger partial charge in [0.25, 0.3) is 0 Å². The molecule has 3 aromatic rings. The van der Waals surface area contributed by atoms with Gasteiger partial charge in [0.2, 0.25) is 0 Å². The van der Waals surface area contributed by atoms with Gasteiger partial charge in [-0.3, -0.25) is 0 Å².